The number of carbonyl (C=O) groups is 2. The van der Waals surface area contributed by atoms with Crippen molar-refractivity contribution >= 4 is 12.1 Å². The minimum Gasteiger partial charge on any atom is -0.444 e. The van der Waals surface area contributed by atoms with Crippen molar-refractivity contribution in [1.82, 2.24) is 16.0 Å². The van der Waals surface area contributed by atoms with Gasteiger partial charge in [0.1, 0.15) is 5.60 Å². The Morgan fingerprint density at radius 1 is 1.56 bits per heavy atom. The Balaban J connectivity index is 2.59. The third-order valence-electron chi connectivity index (χ3n) is 1.59. The van der Waals surface area contributed by atoms with Crippen molar-refractivity contribution in [3.05, 3.63) is 12.3 Å². The number of alkyl carbamates (subject to hydrolysis) is 1. The van der Waals surface area contributed by atoms with E-state index in [-0.39, 0.29) is 0 Å². The highest BCUT2D eigenvalue weighted by molar-refractivity contribution is 5.79. The third-order valence-corrected chi connectivity index (χ3v) is 1.59. The van der Waals surface area contributed by atoms with Crippen molar-refractivity contribution in [2.75, 3.05) is 0 Å². The van der Waals surface area contributed by atoms with E-state index in [0.29, 0.717) is 0 Å². The summed E-state index contributed by atoms with van der Waals surface area (Å²) in [6.07, 6.45) is 2.04. The normalized spacial score (nSPS) is 24.4. The molecular weight excluding hydrogens is 212 g/mol. The van der Waals surface area contributed by atoms with Crippen LogP contribution in [0.3, 0.4) is 0 Å². The predicted octanol–water partition coefficient (Wildman–Crippen LogP) is -0.0499. The van der Waals surface area contributed by atoms with Gasteiger partial charge in [0.15, 0.2) is 5.79 Å². The summed E-state index contributed by atoms with van der Waals surface area (Å²) in [5.41, 5.74) is 5.07. The van der Waals surface area contributed by atoms with Gasteiger partial charge in [-0.2, -0.15) is 0 Å². The van der Waals surface area contributed by atoms with Crippen LogP contribution in [0.1, 0.15) is 20.8 Å². The lowest BCUT2D eigenvalue weighted by molar-refractivity contribution is 0.0468. The maximum Gasteiger partial charge on any atom is 0.410 e. The molecule has 0 aromatic rings. The van der Waals surface area contributed by atoms with E-state index in [1.54, 1.807) is 20.8 Å². The zero-order valence-corrected chi connectivity index (χ0v) is 9.46. The molecule has 1 atom stereocenters. The first-order chi connectivity index (χ1) is 7.20. The average molecular weight is 228 g/mol. The molecule has 3 amide bonds. The number of ether oxygens (including phenoxy) is 1. The molecule has 0 radical (unpaired) electrons. The first-order valence-electron chi connectivity index (χ1n) is 4.77. The molecule has 1 heterocycles. The Kier molecular flexibility index (Phi) is 3.09. The predicted molar refractivity (Wildman–Crippen MR) is 57.1 cm³/mol. The van der Waals surface area contributed by atoms with Gasteiger partial charge in [-0.25, -0.2) is 9.59 Å². The van der Waals surface area contributed by atoms with Crippen molar-refractivity contribution in [2.45, 2.75) is 32.2 Å². The fourth-order valence-corrected chi connectivity index (χ4v) is 1.06. The molecule has 7 nitrogen and oxygen atoms in total. The van der Waals surface area contributed by atoms with Gasteiger partial charge < -0.3 is 10.1 Å². The van der Waals surface area contributed by atoms with Crippen LogP contribution >= 0.6 is 0 Å². The topological polar surface area (TPSA) is 105 Å². The molecule has 0 bridgehead atoms. The molecule has 90 valence electrons. The fraction of sp³-hybridized carbons (Fsp3) is 0.556. The molecule has 1 unspecified atom stereocenters. The van der Waals surface area contributed by atoms with E-state index in [2.05, 4.69) is 16.0 Å². The Labute approximate surface area is 93.4 Å². The van der Waals surface area contributed by atoms with E-state index < -0.39 is 23.5 Å². The van der Waals surface area contributed by atoms with E-state index in [1.165, 1.54) is 12.3 Å². The molecule has 5 N–H and O–H groups in total. The molecule has 0 spiro atoms. The van der Waals surface area contributed by atoms with Gasteiger partial charge in [0, 0.05) is 6.20 Å². The summed E-state index contributed by atoms with van der Waals surface area (Å²) in [5, 5.41) is 7.03. The van der Waals surface area contributed by atoms with E-state index in [0.717, 1.165) is 0 Å². The molecule has 0 aromatic heterocycles. The minimum atomic E-state index is -1.43. The molecule has 7 heteroatoms. The number of urea groups is 1. The van der Waals surface area contributed by atoms with E-state index in [4.69, 9.17) is 10.5 Å². The number of hydrogen-bond donors (Lipinski definition) is 4. The highest BCUT2D eigenvalue weighted by Crippen LogP contribution is 2.08. The SMILES string of the molecule is CC(C)(C)OC(=O)NC1(N)C=CNC(=O)N1. The van der Waals surface area contributed by atoms with Crippen LogP contribution < -0.4 is 21.7 Å². The van der Waals surface area contributed by atoms with Crippen LogP contribution in [0.25, 0.3) is 0 Å². The zero-order valence-electron chi connectivity index (χ0n) is 9.46. The molecule has 0 saturated carbocycles. The number of rotatable bonds is 1. The number of nitrogens with two attached hydrogens (primary N) is 1. The van der Waals surface area contributed by atoms with Crippen LogP contribution in [0.2, 0.25) is 0 Å². The molecule has 1 aliphatic rings. The van der Waals surface area contributed by atoms with Gasteiger partial charge in [-0.05, 0) is 26.8 Å². The maximum atomic E-state index is 11.4. The summed E-state index contributed by atoms with van der Waals surface area (Å²) >= 11 is 0. The van der Waals surface area contributed by atoms with E-state index in [9.17, 15) is 9.59 Å². The maximum absolute atomic E-state index is 11.4. The highest BCUT2D eigenvalue weighted by atomic mass is 16.6. The summed E-state index contributed by atoms with van der Waals surface area (Å²) in [7, 11) is 0. The average Bonchev–Trinajstić information content (AvgIpc) is 1.96. The van der Waals surface area contributed by atoms with Crippen molar-refractivity contribution in [1.29, 1.82) is 0 Å². The zero-order chi connectivity index (χ0) is 12.4. The first-order valence-corrected chi connectivity index (χ1v) is 4.77. The number of hydrogen-bond acceptors (Lipinski definition) is 4. The molecule has 1 aliphatic heterocycles. The largest absolute Gasteiger partial charge is 0.444 e. The summed E-state index contributed by atoms with van der Waals surface area (Å²) in [4.78, 5) is 22.4. The fourth-order valence-electron chi connectivity index (χ4n) is 1.06. The molecule has 1 rings (SSSR count). The van der Waals surface area contributed by atoms with Crippen LogP contribution in [0, 0.1) is 0 Å². The van der Waals surface area contributed by atoms with Gasteiger partial charge in [0.05, 0.1) is 0 Å². The van der Waals surface area contributed by atoms with Gasteiger partial charge in [0.2, 0.25) is 0 Å². The van der Waals surface area contributed by atoms with Crippen LogP contribution in [-0.4, -0.2) is 23.5 Å². The monoisotopic (exact) mass is 228 g/mol. The lowest BCUT2D eigenvalue weighted by Gasteiger charge is -2.31. The van der Waals surface area contributed by atoms with Crippen molar-refractivity contribution < 1.29 is 14.3 Å². The third kappa shape index (κ3) is 3.77. The Bertz CT molecular complexity index is 334. The molecule has 0 saturated heterocycles. The smallest absolute Gasteiger partial charge is 0.410 e. The summed E-state index contributed by atoms with van der Waals surface area (Å²) in [6.45, 7) is 5.19. The second kappa shape index (κ2) is 4.01. The van der Waals surface area contributed by atoms with Gasteiger partial charge >= 0.3 is 12.1 Å². The summed E-state index contributed by atoms with van der Waals surface area (Å²) in [5.74, 6) is -1.43. The lowest BCUT2D eigenvalue weighted by Crippen LogP contribution is -2.69. The van der Waals surface area contributed by atoms with E-state index >= 15 is 0 Å². The van der Waals surface area contributed by atoms with Crippen molar-refractivity contribution in [3.8, 4) is 0 Å². The van der Waals surface area contributed by atoms with Crippen LogP contribution in [0.5, 0.6) is 0 Å². The summed E-state index contributed by atoms with van der Waals surface area (Å²) in [6, 6.07) is -0.499. The summed E-state index contributed by atoms with van der Waals surface area (Å²) < 4.78 is 5.01. The lowest BCUT2D eigenvalue weighted by atomic mass is 10.2. The van der Waals surface area contributed by atoms with Crippen LogP contribution in [-0.2, 0) is 4.74 Å². The van der Waals surface area contributed by atoms with Crippen molar-refractivity contribution in [2.24, 2.45) is 5.73 Å². The van der Waals surface area contributed by atoms with Gasteiger partial charge in [0.25, 0.3) is 0 Å². The van der Waals surface area contributed by atoms with Crippen molar-refractivity contribution in [3.63, 3.8) is 0 Å². The van der Waals surface area contributed by atoms with Crippen LogP contribution in [0.4, 0.5) is 9.59 Å². The highest BCUT2D eigenvalue weighted by Gasteiger charge is 2.30. The van der Waals surface area contributed by atoms with Gasteiger partial charge in [-0.1, -0.05) is 0 Å². The molecule has 16 heavy (non-hydrogen) atoms. The second-order valence-corrected chi connectivity index (χ2v) is 4.43. The Hall–Kier alpha value is -1.76. The number of nitrogens with one attached hydrogen (secondary N) is 3. The Morgan fingerprint density at radius 2 is 2.19 bits per heavy atom. The second-order valence-electron chi connectivity index (χ2n) is 4.43. The minimum absolute atomic E-state index is 0.499. The van der Waals surface area contributed by atoms with E-state index in [1.807, 2.05) is 0 Å². The quantitative estimate of drug-likeness (QED) is 0.472. The molecule has 0 aromatic carbocycles. The first kappa shape index (κ1) is 12.3. The van der Waals surface area contributed by atoms with Gasteiger partial charge in [-0.3, -0.25) is 16.4 Å². The Morgan fingerprint density at radius 3 is 2.69 bits per heavy atom. The number of carbonyl (C=O) groups excluding carboxylic acids is 2. The molecular formula is C9H16N4O3. The standard InChI is InChI=1S/C9H16N4O3/c1-8(2,3)16-7(15)13-9(10)4-5-11-6(14)12-9/h4-5H,10H2,1-3H3,(H,13,15)(H2,11,12,14). The molecule has 0 fully saturated rings. The molecule has 0 aliphatic carbocycles. The van der Waals surface area contributed by atoms with Gasteiger partial charge in [-0.15, -0.1) is 0 Å². The number of amides is 3. The van der Waals surface area contributed by atoms with Crippen LogP contribution in [0.15, 0.2) is 12.3 Å².